The van der Waals surface area contributed by atoms with Crippen LogP contribution < -0.4 is 38.5 Å². The zero-order valence-corrected chi connectivity index (χ0v) is 19.2. The van der Waals surface area contributed by atoms with Gasteiger partial charge in [-0.3, -0.25) is 5.84 Å². The second-order valence-electron chi connectivity index (χ2n) is 8.05. The first-order chi connectivity index (χ1) is 16.8. The topological polar surface area (TPSA) is 102 Å². The Balaban J connectivity index is 2.27. The van der Waals surface area contributed by atoms with Gasteiger partial charge in [0.1, 0.15) is 0 Å². The maximum absolute atomic E-state index is 13.3. The van der Waals surface area contributed by atoms with Crippen LogP contribution in [0, 0.1) is 0 Å². The third-order valence-corrected chi connectivity index (χ3v) is 5.45. The Kier molecular flexibility index (Phi) is 7.73. The van der Waals surface area contributed by atoms with Crippen molar-refractivity contribution < 1.29 is 26.3 Å². The van der Waals surface area contributed by atoms with E-state index in [2.05, 4.69) is 10.7 Å². The van der Waals surface area contributed by atoms with E-state index >= 15 is 0 Å². The summed E-state index contributed by atoms with van der Waals surface area (Å²) in [4.78, 5) is 0. The van der Waals surface area contributed by atoms with Crippen LogP contribution >= 0.6 is 0 Å². The van der Waals surface area contributed by atoms with E-state index in [0.717, 1.165) is 0 Å². The number of nitrogen functional groups attached to an aromatic ring is 2. The van der Waals surface area contributed by atoms with E-state index in [9.17, 15) is 26.3 Å². The highest BCUT2D eigenvalue weighted by Crippen LogP contribution is 2.38. The number of hydrogen-bond acceptors (Lipinski definition) is 5. The van der Waals surface area contributed by atoms with E-state index in [0.29, 0.717) is 63.7 Å². The van der Waals surface area contributed by atoms with Crippen molar-refractivity contribution in [2.24, 2.45) is 11.6 Å². The molecule has 0 aliphatic heterocycles. The van der Waals surface area contributed by atoms with Gasteiger partial charge in [0.25, 0.3) is 0 Å². The van der Waals surface area contributed by atoms with Crippen molar-refractivity contribution in [1.82, 2.24) is 0 Å². The predicted octanol–water partition coefficient (Wildman–Crippen LogP) is 4.73. The molecule has 0 bridgehead atoms. The molecule has 0 saturated heterocycles. The van der Waals surface area contributed by atoms with Crippen LogP contribution in [-0.2, 0) is 12.4 Å². The molecular weight excluding hydrogens is 484 g/mol. The van der Waals surface area contributed by atoms with Crippen molar-refractivity contribution in [2.45, 2.75) is 32.1 Å². The van der Waals surface area contributed by atoms with Crippen molar-refractivity contribution in [1.29, 1.82) is 0 Å². The molecule has 36 heavy (non-hydrogen) atoms. The summed E-state index contributed by atoms with van der Waals surface area (Å²) in [6.45, 7) is 1.84. The van der Waals surface area contributed by atoms with Crippen molar-refractivity contribution in [2.75, 3.05) is 16.5 Å². The first-order valence-corrected chi connectivity index (χ1v) is 10.9. The molecule has 0 heterocycles. The van der Waals surface area contributed by atoms with Gasteiger partial charge in [0.15, 0.2) is 0 Å². The van der Waals surface area contributed by atoms with Crippen LogP contribution in [0.2, 0.25) is 0 Å². The maximum atomic E-state index is 13.3. The number of rotatable bonds is 6. The largest absolute Gasteiger partial charge is 0.416 e. The minimum atomic E-state index is -4.96. The molecule has 0 saturated carbocycles. The number of nitrogens with two attached hydrogens (primary N) is 3. The van der Waals surface area contributed by atoms with Gasteiger partial charge in [-0.1, -0.05) is 43.7 Å². The average Bonchev–Trinajstić information content (AvgIpc) is 2.82. The Bertz CT molecular complexity index is 1330. The van der Waals surface area contributed by atoms with Gasteiger partial charge < -0.3 is 22.2 Å². The normalized spacial score (nSPS) is 13.8. The van der Waals surface area contributed by atoms with Crippen LogP contribution in [0.1, 0.15) is 36.5 Å². The van der Waals surface area contributed by atoms with Crippen LogP contribution in [0.25, 0.3) is 11.4 Å². The Morgan fingerprint density at radius 1 is 0.833 bits per heavy atom. The van der Waals surface area contributed by atoms with Crippen molar-refractivity contribution in [3.63, 3.8) is 0 Å². The van der Waals surface area contributed by atoms with Crippen LogP contribution in [0.5, 0.6) is 0 Å². The number of anilines is 3. The fraction of sp³-hybridized carbons (Fsp3) is 0.200. The van der Waals surface area contributed by atoms with E-state index in [1.54, 1.807) is 42.5 Å². The molecule has 0 spiro atoms. The molecule has 0 aliphatic carbocycles. The summed E-state index contributed by atoms with van der Waals surface area (Å²) >= 11 is 0. The SMILES string of the molecule is CCC/C(Nc1cc(C(F)(F)F)cc(C(F)(F)F)c1)=c1/cccc/c1=C(/N)c1ccc(N)c(NN)c1. The van der Waals surface area contributed by atoms with Gasteiger partial charge in [0, 0.05) is 33.1 Å². The van der Waals surface area contributed by atoms with Crippen LogP contribution in [-0.4, -0.2) is 0 Å². The minimum absolute atomic E-state index is 0.0918. The number of halogens is 6. The molecular formula is C25H25F6N5. The minimum Gasteiger partial charge on any atom is -0.398 e. The van der Waals surface area contributed by atoms with Crippen molar-refractivity contribution in [3.05, 3.63) is 87.8 Å². The quantitative estimate of drug-likeness (QED) is 0.143. The Morgan fingerprint density at radius 3 is 1.94 bits per heavy atom. The van der Waals surface area contributed by atoms with Crippen LogP contribution in [0.4, 0.5) is 43.4 Å². The predicted molar refractivity (Wildman–Crippen MR) is 129 cm³/mol. The summed E-state index contributed by atoms with van der Waals surface area (Å²) in [6.07, 6.45) is -9.02. The third kappa shape index (κ3) is 6.03. The molecule has 0 radical (unpaired) electrons. The fourth-order valence-electron chi connectivity index (χ4n) is 3.70. The summed E-state index contributed by atoms with van der Waals surface area (Å²) in [5, 5.41) is 3.86. The second-order valence-corrected chi connectivity index (χ2v) is 8.05. The Labute approximate surface area is 203 Å². The first-order valence-electron chi connectivity index (χ1n) is 10.9. The van der Waals surface area contributed by atoms with Crippen molar-refractivity contribution in [3.8, 4) is 0 Å². The fourth-order valence-corrected chi connectivity index (χ4v) is 3.70. The number of nitrogens with one attached hydrogen (secondary N) is 2. The molecule has 3 aromatic rings. The summed E-state index contributed by atoms with van der Waals surface area (Å²) < 4.78 is 80.1. The number of benzene rings is 3. The molecule has 5 nitrogen and oxygen atoms in total. The molecule has 0 aromatic heterocycles. The summed E-state index contributed by atoms with van der Waals surface area (Å²) in [5.41, 5.74) is 13.8. The standard InChI is InChI=1S/C25H25F6N5/c1-2-5-21(35-17-12-15(24(26,27)28)11-16(13-17)25(29,30)31)18-6-3-4-7-19(18)23(33)14-8-9-20(32)22(10-14)36-34/h3-4,6-13,35-36H,2,5,32-34H2,1H3/b21-18+,23-19-. The Hall–Kier alpha value is -3.86. The Morgan fingerprint density at radius 2 is 1.42 bits per heavy atom. The lowest BCUT2D eigenvalue weighted by Gasteiger charge is -2.17. The van der Waals surface area contributed by atoms with Gasteiger partial charge in [-0.25, -0.2) is 0 Å². The molecule has 0 atom stereocenters. The number of hydrazine groups is 1. The van der Waals surface area contributed by atoms with Gasteiger partial charge in [0.05, 0.1) is 22.5 Å². The maximum Gasteiger partial charge on any atom is 0.416 e. The number of hydrogen-bond donors (Lipinski definition) is 5. The molecule has 11 heteroatoms. The van der Waals surface area contributed by atoms with Gasteiger partial charge in [-0.05, 0) is 36.8 Å². The highest BCUT2D eigenvalue weighted by molar-refractivity contribution is 5.75. The van der Waals surface area contributed by atoms with Crippen LogP contribution in [0.15, 0.2) is 60.7 Å². The van der Waals surface area contributed by atoms with Gasteiger partial charge in [-0.15, -0.1) is 0 Å². The van der Waals surface area contributed by atoms with E-state index in [4.69, 9.17) is 17.3 Å². The van der Waals surface area contributed by atoms with Gasteiger partial charge in [0.2, 0.25) is 0 Å². The zero-order valence-electron chi connectivity index (χ0n) is 19.2. The lowest BCUT2D eigenvalue weighted by Crippen LogP contribution is -2.33. The summed E-state index contributed by atoms with van der Waals surface area (Å²) in [5.74, 6) is 5.49. The monoisotopic (exact) mass is 509 g/mol. The van der Waals surface area contributed by atoms with E-state index in [1.807, 2.05) is 6.92 Å². The van der Waals surface area contributed by atoms with E-state index < -0.39 is 23.5 Å². The summed E-state index contributed by atoms with van der Waals surface area (Å²) in [7, 11) is 0. The van der Waals surface area contributed by atoms with Crippen molar-refractivity contribution >= 4 is 28.5 Å². The molecule has 0 fully saturated rings. The molecule has 192 valence electrons. The van der Waals surface area contributed by atoms with E-state index in [1.165, 1.54) is 0 Å². The molecule has 8 N–H and O–H groups in total. The van der Waals surface area contributed by atoms with E-state index in [-0.39, 0.29) is 11.8 Å². The first kappa shape index (κ1) is 26.7. The van der Waals surface area contributed by atoms with Gasteiger partial charge >= 0.3 is 12.4 Å². The molecule has 3 rings (SSSR count). The zero-order chi connectivity index (χ0) is 26.7. The highest BCUT2D eigenvalue weighted by Gasteiger charge is 2.37. The number of alkyl halides is 6. The average molecular weight is 509 g/mol. The highest BCUT2D eigenvalue weighted by atomic mass is 19.4. The summed E-state index contributed by atoms with van der Waals surface area (Å²) in [6, 6.07) is 13.1. The molecule has 3 aromatic carbocycles. The lowest BCUT2D eigenvalue weighted by atomic mass is 10.0. The molecule has 0 aliphatic rings. The van der Waals surface area contributed by atoms with Gasteiger partial charge in [-0.2, -0.15) is 26.3 Å². The second kappa shape index (κ2) is 10.4. The smallest absolute Gasteiger partial charge is 0.398 e. The lowest BCUT2D eigenvalue weighted by molar-refractivity contribution is -0.143. The third-order valence-electron chi connectivity index (χ3n) is 5.45. The van der Waals surface area contributed by atoms with Crippen LogP contribution in [0.3, 0.4) is 0 Å². The molecule has 0 unspecified atom stereocenters. The molecule has 0 amide bonds.